The molecule has 2 aromatic carbocycles. The molecule has 0 saturated heterocycles. The molecule has 0 fully saturated rings. The number of carbonyl (C=O) groups excluding carboxylic acids is 1. The molecule has 13 nitrogen and oxygen atoms in total. The summed E-state index contributed by atoms with van der Waals surface area (Å²) in [5.74, 6) is -2.23. The summed E-state index contributed by atoms with van der Waals surface area (Å²) in [7, 11) is -4.63. The number of sulfonamides is 1. The first-order valence-corrected chi connectivity index (χ1v) is 11.9. The number of carbonyl (C=O) groups is 2. The maximum atomic E-state index is 12.8. The van der Waals surface area contributed by atoms with Gasteiger partial charge in [0, 0.05) is 22.5 Å². The van der Waals surface area contributed by atoms with Gasteiger partial charge in [-0.3, -0.25) is 19.7 Å². The van der Waals surface area contributed by atoms with Gasteiger partial charge in [-0.2, -0.15) is 9.52 Å². The molecule has 3 rings (SSSR count). The lowest BCUT2D eigenvalue weighted by Crippen LogP contribution is -2.44. The van der Waals surface area contributed by atoms with E-state index in [1.165, 1.54) is 12.1 Å². The number of hydrogen-bond donors (Lipinski definition) is 2. The second-order valence-electron chi connectivity index (χ2n) is 7.08. The van der Waals surface area contributed by atoms with Crippen molar-refractivity contribution >= 4 is 50.7 Å². The summed E-state index contributed by atoms with van der Waals surface area (Å²) in [5, 5.41) is 32.6. The van der Waals surface area contributed by atoms with Gasteiger partial charge in [-0.25, -0.2) is 8.42 Å². The standard InChI is InChI=1S/C19H16Cl2N6O7S/c20-12-4-3-5-13(21)11(12)8-18-22-25-26(23-18)10-16(28)14(9-19(29)30)24-35(33,34)17-7-2-1-6-15(17)27(31)32/h1-7,14,24H,8-10H2,(H,29,30). The van der Waals surface area contributed by atoms with Crippen LogP contribution < -0.4 is 4.72 Å². The fraction of sp³-hybridized carbons (Fsp3) is 0.211. The first kappa shape index (κ1) is 26.2. The Morgan fingerprint density at radius 2 is 1.80 bits per heavy atom. The van der Waals surface area contributed by atoms with Crippen LogP contribution in [0.4, 0.5) is 5.69 Å². The van der Waals surface area contributed by atoms with E-state index < -0.39 is 56.3 Å². The van der Waals surface area contributed by atoms with Gasteiger partial charge in [-0.15, -0.1) is 10.2 Å². The van der Waals surface area contributed by atoms with Crippen molar-refractivity contribution in [3.05, 3.63) is 74.0 Å². The summed E-state index contributed by atoms with van der Waals surface area (Å²) in [4.78, 5) is 34.4. The minimum Gasteiger partial charge on any atom is -0.481 e. The molecule has 0 aliphatic rings. The van der Waals surface area contributed by atoms with Crippen molar-refractivity contribution in [2.75, 3.05) is 0 Å². The Balaban J connectivity index is 1.79. The highest BCUT2D eigenvalue weighted by molar-refractivity contribution is 7.89. The first-order chi connectivity index (χ1) is 16.5. The molecule has 0 saturated carbocycles. The largest absolute Gasteiger partial charge is 0.481 e. The van der Waals surface area contributed by atoms with Gasteiger partial charge in [0.2, 0.25) is 10.0 Å². The van der Waals surface area contributed by atoms with Gasteiger partial charge in [0.25, 0.3) is 5.69 Å². The lowest BCUT2D eigenvalue weighted by atomic mass is 10.1. The Morgan fingerprint density at radius 1 is 1.14 bits per heavy atom. The number of Topliss-reactive ketones (excluding diaryl/α,β-unsaturated/α-hetero) is 1. The van der Waals surface area contributed by atoms with E-state index in [2.05, 4.69) is 15.4 Å². The fourth-order valence-corrected chi connectivity index (χ4v) is 4.93. The maximum absolute atomic E-state index is 12.8. The number of carboxylic acid groups (broad SMARTS) is 1. The Bertz CT molecular complexity index is 1380. The number of rotatable bonds is 11. The third kappa shape index (κ3) is 6.57. The summed E-state index contributed by atoms with van der Waals surface area (Å²) < 4.78 is 27.4. The second kappa shape index (κ2) is 10.9. The van der Waals surface area contributed by atoms with E-state index in [9.17, 15) is 28.1 Å². The highest BCUT2D eigenvalue weighted by atomic mass is 35.5. The maximum Gasteiger partial charge on any atom is 0.305 e. The fourth-order valence-electron chi connectivity index (χ4n) is 3.00. The molecule has 1 aromatic heterocycles. The molecular formula is C19H16Cl2N6O7S. The van der Waals surface area contributed by atoms with Crippen molar-refractivity contribution in [2.45, 2.75) is 30.3 Å². The van der Waals surface area contributed by atoms with Crippen molar-refractivity contribution in [1.82, 2.24) is 24.9 Å². The third-order valence-electron chi connectivity index (χ3n) is 4.60. The van der Waals surface area contributed by atoms with E-state index in [1.807, 2.05) is 4.72 Å². The van der Waals surface area contributed by atoms with Gasteiger partial charge in [-0.05, 0) is 29.0 Å². The molecular weight excluding hydrogens is 527 g/mol. The summed E-state index contributed by atoms with van der Waals surface area (Å²) in [6, 6.07) is 7.59. The zero-order valence-corrected chi connectivity index (χ0v) is 19.9. The number of nitrogens with zero attached hydrogens (tertiary/aromatic N) is 5. The second-order valence-corrected chi connectivity index (χ2v) is 9.57. The number of halogens is 2. The number of nitrogens with one attached hydrogen (secondary N) is 1. The molecule has 0 amide bonds. The quantitative estimate of drug-likeness (QED) is 0.267. The van der Waals surface area contributed by atoms with Crippen LogP contribution in [0.3, 0.4) is 0 Å². The zero-order chi connectivity index (χ0) is 25.8. The molecule has 35 heavy (non-hydrogen) atoms. The summed E-state index contributed by atoms with van der Waals surface area (Å²) >= 11 is 12.2. The molecule has 1 unspecified atom stereocenters. The van der Waals surface area contributed by atoms with Crippen LogP contribution in [0.1, 0.15) is 17.8 Å². The minimum atomic E-state index is -4.63. The predicted molar refractivity (Wildman–Crippen MR) is 122 cm³/mol. The molecule has 2 N–H and O–H groups in total. The van der Waals surface area contributed by atoms with Crippen molar-refractivity contribution in [2.24, 2.45) is 0 Å². The number of nitro groups is 1. The smallest absolute Gasteiger partial charge is 0.305 e. The van der Waals surface area contributed by atoms with E-state index in [4.69, 9.17) is 28.3 Å². The van der Waals surface area contributed by atoms with Gasteiger partial charge in [0.1, 0.15) is 6.54 Å². The number of aliphatic carboxylic acids is 1. The lowest BCUT2D eigenvalue weighted by molar-refractivity contribution is -0.387. The number of aromatic nitrogens is 4. The number of carboxylic acids is 1. The SMILES string of the molecule is O=C(O)CC(NS(=O)(=O)c1ccccc1[N+](=O)[O-])C(=O)Cn1nnc(Cc2c(Cl)cccc2Cl)n1. The van der Waals surface area contributed by atoms with Crippen LogP contribution in [-0.2, 0) is 32.6 Å². The summed E-state index contributed by atoms with van der Waals surface area (Å²) in [5.41, 5.74) is -0.204. The lowest BCUT2D eigenvalue weighted by Gasteiger charge is -2.15. The van der Waals surface area contributed by atoms with Gasteiger partial charge >= 0.3 is 5.97 Å². The van der Waals surface area contributed by atoms with Crippen LogP contribution in [0.5, 0.6) is 0 Å². The number of benzene rings is 2. The topological polar surface area (TPSA) is 187 Å². The molecule has 0 aliphatic heterocycles. The van der Waals surface area contributed by atoms with Crippen molar-refractivity contribution in [3.8, 4) is 0 Å². The van der Waals surface area contributed by atoms with Crippen molar-refractivity contribution < 1.29 is 28.0 Å². The van der Waals surface area contributed by atoms with Gasteiger partial charge in [0.05, 0.1) is 17.4 Å². The molecule has 0 aliphatic carbocycles. The normalized spacial score (nSPS) is 12.3. The first-order valence-electron chi connectivity index (χ1n) is 9.67. The average molecular weight is 543 g/mol. The molecule has 16 heteroatoms. The third-order valence-corrected chi connectivity index (χ3v) is 6.83. The molecule has 1 heterocycles. The van der Waals surface area contributed by atoms with Crippen molar-refractivity contribution in [3.63, 3.8) is 0 Å². The monoisotopic (exact) mass is 542 g/mol. The van der Waals surface area contributed by atoms with Crippen LogP contribution in [0.15, 0.2) is 47.4 Å². The number of hydrogen-bond acceptors (Lipinski definition) is 9. The van der Waals surface area contributed by atoms with Crippen molar-refractivity contribution in [1.29, 1.82) is 0 Å². The number of tetrazole rings is 1. The Morgan fingerprint density at radius 3 is 2.43 bits per heavy atom. The van der Waals surface area contributed by atoms with E-state index in [-0.39, 0.29) is 12.2 Å². The number of para-hydroxylation sites is 1. The van der Waals surface area contributed by atoms with E-state index >= 15 is 0 Å². The minimum absolute atomic E-state index is 0.0928. The van der Waals surface area contributed by atoms with Gasteiger partial charge < -0.3 is 5.11 Å². The van der Waals surface area contributed by atoms with Crippen LogP contribution >= 0.6 is 23.2 Å². The molecule has 1 atom stereocenters. The van der Waals surface area contributed by atoms with Crippen LogP contribution in [0, 0.1) is 10.1 Å². The van der Waals surface area contributed by atoms with Gasteiger partial charge in [-0.1, -0.05) is 41.4 Å². The molecule has 184 valence electrons. The Hall–Kier alpha value is -3.46. The Kier molecular flexibility index (Phi) is 8.11. The number of nitro benzene ring substituents is 1. The van der Waals surface area contributed by atoms with Gasteiger partial charge in [0.15, 0.2) is 16.5 Å². The molecule has 3 aromatic rings. The predicted octanol–water partition coefficient (Wildman–Crippen LogP) is 1.87. The van der Waals surface area contributed by atoms with Crippen LogP contribution in [0.25, 0.3) is 0 Å². The van der Waals surface area contributed by atoms with Crippen LogP contribution in [0.2, 0.25) is 10.0 Å². The van der Waals surface area contributed by atoms with E-state index in [0.29, 0.717) is 15.6 Å². The average Bonchev–Trinajstić information content (AvgIpc) is 3.22. The highest BCUT2D eigenvalue weighted by Crippen LogP contribution is 2.26. The summed E-state index contributed by atoms with van der Waals surface area (Å²) in [6.07, 6.45) is -0.828. The van der Waals surface area contributed by atoms with E-state index in [1.54, 1.807) is 18.2 Å². The number of ketones is 1. The van der Waals surface area contributed by atoms with E-state index in [0.717, 1.165) is 16.9 Å². The highest BCUT2D eigenvalue weighted by Gasteiger charge is 2.32. The zero-order valence-electron chi connectivity index (χ0n) is 17.5. The molecule has 0 bridgehead atoms. The summed E-state index contributed by atoms with van der Waals surface area (Å²) in [6.45, 7) is -0.624. The molecule has 0 radical (unpaired) electrons. The van der Waals surface area contributed by atoms with Crippen LogP contribution in [-0.4, -0.2) is 56.4 Å². The Labute approximate surface area is 207 Å². The molecule has 0 spiro atoms.